The minimum atomic E-state index is 0. The Morgan fingerprint density at radius 2 is 1.44 bits per heavy atom. The van der Waals surface area contributed by atoms with E-state index in [1.54, 1.807) is 0 Å². The molecule has 0 N–H and O–H groups in total. The molecule has 0 nitrogen and oxygen atoms in total. The van der Waals surface area contributed by atoms with E-state index in [0.717, 1.165) is 0 Å². The van der Waals surface area contributed by atoms with Crippen LogP contribution in [0.25, 0.3) is 21.9 Å². The van der Waals surface area contributed by atoms with E-state index >= 15 is 0 Å². The Bertz CT molecular complexity index is 588. The fourth-order valence-corrected chi connectivity index (χ4v) is 1.94. The molecule has 0 heterocycles. The molecule has 92 valence electrons. The molecule has 0 aliphatic carbocycles. The van der Waals surface area contributed by atoms with Crippen molar-refractivity contribution < 1.29 is 25.8 Å². The smallest absolute Gasteiger partial charge is 0 e. The molecular formula is C15H13Cl2Hf-. The zero-order valence-corrected chi connectivity index (χ0v) is 14.9. The third kappa shape index (κ3) is 3.50. The average molecular weight is 443 g/mol. The summed E-state index contributed by atoms with van der Waals surface area (Å²) in [7, 11) is 0. The molecule has 3 rings (SSSR count). The Morgan fingerprint density at radius 3 is 2.17 bits per heavy atom. The molecule has 0 spiro atoms. The minimum Gasteiger partial charge on any atom is -0.168 e. The number of hydrogen-bond acceptors (Lipinski definition) is 0. The van der Waals surface area contributed by atoms with Crippen LogP contribution < -0.4 is 0 Å². The summed E-state index contributed by atoms with van der Waals surface area (Å²) in [6.07, 6.45) is 0. The first-order valence-corrected chi connectivity index (χ1v) is 5.14. The molecule has 0 bridgehead atoms. The largest absolute Gasteiger partial charge is 0.168 e. The Hall–Kier alpha value is -0.500. The zero-order valence-electron chi connectivity index (χ0n) is 9.67. The van der Waals surface area contributed by atoms with Crippen molar-refractivity contribution in [2.75, 3.05) is 0 Å². The van der Waals surface area contributed by atoms with Crippen molar-refractivity contribution in [2.24, 2.45) is 0 Å². The van der Waals surface area contributed by atoms with Crippen LogP contribution in [0.2, 0.25) is 0 Å². The number of fused-ring (bicyclic) bond motifs is 1. The van der Waals surface area contributed by atoms with Crippen LogP contribution in [-0.4, -0.2) is 0 Å². The predicted molar refractivity (Wildman–Crippen MR) is 79.5 cm³/mol. The van der Waals surface area contributed by atoms with Gasteiger partial charge < -0.3 is 0 Å². The second-order valence-electron chi connectivity index (χ2n) is 3.74. The van der Waals surface area contributed by atoms with Gasteiger partial charge in [0.25, 0.3) is 0 Å². The molecule has 3 heteroatoms. The second kappa shape index (κ2) is 7.83. The van der Waals surface area contributed by atoms with Crippen molar-refractivity contribution in [1.82, 2.24) is 0 Å². The Morgan fingerprint density at radius 1 is 0.722 bits per heavy atom. The van der Waals surface area contributed by atoms with Crippen LogP contribution in [0.1, 0.15) is 0 Å². The van der Waals surface area contributed by atoms with Gasteiger partial charge in [0.2, 0.25) is 0 Å². The quantitative estimate of drug-likeness (QED) is 0.365. The molecule has 18 heavy (non-hydrogen) atoms. The van der Waals surface area contributed by atoms with Crippen LogP contribution in [0.3, 0.4) is 0 Å². The van der Waals surface area contributed by atoms with E-state index in [0.29, 0.717) is 0 Å². The molecule has 0 saturated heterocycles. The van der Waals surface area contributed by atoms with E-state index in [1.165, 1.54) is 21.9 Å². The SMILES string of the molecule is Cl.Cl.[Hf].c1ccc(-c2ccc3[cH-]ccc3c2)cc1. The maximum Gasteiger partial charge on any atom is 0 e. The van der Waals surface area contributed by atoms with E-state index in [1.807, 2.05) is 6.07 Å². The summed E-state index contributed by atoms with van der Waals surface area (Å²) in [6.45, 7) is 0. The van der Waals surface area contributed by atoms with Crippen molar-refractivity contribution in [3.8, 4) is 11.1 Å². The molecule has 0 unspecified atom stereocenters. The van der Waals surface area contributed by atoms with Gasteiger partial charge in [-0.3, -0.25) is 0 Å². The first-order valence-electron chi connectivity index (χ1n) is 5.14. The first-order chi connectivity index (χ1) is 7.43. The molecule has 0 aromatic heterocycles. The Labute approximate surface area is 138 Å². The maximum atomic E-state index is 2.24. The predicted octanol–water partition coefficient (Wildman–Crippen LogP) is 5.07. The van der Waals surface area contributed by atoms with Crippen molar-refractivity contribution in [3.63, 3.8) is 0 Å². The first kappa shape index (κ1) is 17.5. The van der Waals surface area contributed by atoms with Crippen LogP contribution in [0, 0.1) is 0 Å². The maximum absolute atomic E-state index is 2.24. The monoisotopic (exact) mass is 443 g/mol. The Kier molecular flexibility index (Phi) is 7.61. The summed E-state index contributed by atoms with van der Waals surface area (Å²) >= 11 is 0. The standard InChI is InChI=1S/C15H11.2ClH.Hf/c1-2-5-12(6-3-1)15-10-9-13-7-4-8-14(13)11-15;;;/h1-11H;2*1H;/q-1;;;. The fraction of sp³-hybridized carbons (Fsp3) is 0. The molecule has 3 aromatic rings. The molecule has 0 fully saturated rings. The van der Waals surface area contributed by atoms with Crippen molar-refractivity contribution in [3.05, 3.63) is 66.7 Å². The van der Waals surface area contributed by atoms with Crippen molar-refractivity contribution >= 4 is 35.6 Å². The number of benzene rings is 2. The van der Waals surface area contributed by atoms with E-state index in [4.69, 9.17) is 0 Å². The molecule has 0 saturated carbocycles. The summed E-state index contributed by atoms with van der Waals surface area (Å²) in [6, 6.07) is 23.5. The third-order valence-electron chi connectivity index (χ3n) is 2.75. The summed E-state index contributed by atoms with van der Waals surface area (Å²) in [4.78, 5) is 0. The normalized spacial score (nSPS) is 8.89. The zero-order chi connectivity index (χ0) is 10.1. The number of hydrogen-bond donors (Lipinski definition) is 0. The molecule has 0 radical (unpaired) electrons. The van der Waals surface area contributed by atoms with E-state index in [2.05, 4.69) is 60.7 Å². The van der Waals surface area contributed by atoms with Gasteiger partial charge in [0, 0.05) is 25.8 Å². The van der Waals surface area contributed by atoms with Gasteiger partial charge in [0.15, 0.2) is 0 Å². The molecule has 0 atom stereocenters. The van der Waals surface area contributed by atoms with Gasteiger partial charge in [-0.25, -0.2) is 0 Å². The van der Waals surface area contributed by atoms with E-state index in [-0.39, 0.29) is 50.7 Å². The number of halogens is 2. The molecule has 3 aromatic carbocycles. The summed E-state index contributed by atoms with van der Waals surface area (Å²) < 4.78 is 0. The van der Waals surface area contributed by atoms with Crippen LogP contribution in [0.4, 0.5) is 0 Å². The summed E-state index contributed by atoms with van der Waals surface area (Å²) in [5, 5.41) is 2.63. The summed E-state index contributed by atoms with van der Waals surface area (Å²) in [5.74, 6) is 0. The summed E-state index contributed by atoms with van der Waals surface area (Å²) in [5.41, 5.74) is 2.56. The van der Waals surface area contributed by atoms with Crippen molar-refractivity contribution in [2.45, 2.75) is 0 Å². The fourth-order valence-electron chi connectivity index (χ4n) is 1.94. The molecule has 0 aliphatic heterocycles. The Balaban J connectivity index is 0.000000963. The van der Waals surface area contributed by atoms with Gasteiger partial charge in [0.05, 0.1) is 0 Å². The van der Waals surface area contributed by atoms with E-state index < -0.39 is 0 Å². The van der Waals surface area contributed by atoms with Crippen LogP contribution in [0.15, 0.2) is 66.7 Å². The molecule has 0 aliphatic rings. The van der Waals surface area contributed by atoms with Crippen molar-refractivity contribution in [1.29, 1.82) is 0 Å². The topological polar surface area (TPSA) is 0 Å². The van der Waals surface area contributed by atoms with Gasteiger partial charge in [0.1, 0.15) is 0 Å². The molecular weight excluding hydrogens is 430 g/mol. The minimum absolute atomic E-state index is 0. The third-order valence-corrected chi connectivity index (χ3v) is 2.75. The van der Waals surface area contributed by atoms with Crippen LogP contribution in [-0.2, 0) is 25.8 Å². The van der Waals surface area contributed by atoms with Gasteiger partial charge in [-0.1, -0.05) is 42.5 Å². The molecule has 0 amide bonds. The van der Waals surface area contributed by atoms with E-state index in [9.17, 15) is 0 Å². The number of rotatable bonds is 1. The van der Waals surface area contributed by atoms with Crippen LogP contribution >= 0.6 is 24.8 Å². The van der Waals surface area contributed by atoms with Gasteiger partial charge in [-0.15, -0.1) is 42.3 Å². The van der Waals surface area contributed by atoms with Crippen LogP contribution in [0.5, 0.6) is 0 Å². The van der Waals surface area contributed by atoms with Gasteiger partial charge in [-0.2, -0.15) is 17.5 Å². The van der Waals surface area contributed by atoms with Gasteiger partial charge in [-0.05, 0) is 11.1 Å². The average Bonchev–Trinajstić information content (AvgIpc) is 2.77. The second-order valence-corrected chi connectivity index (χ2v) is 3.74. The van der Waals surface area contributed by atoms with Gasteiger partial charge >= 0.3 is 0 Å².